The van der Waals surface area contributed by atoms with Crippen LogP contribution in [0.2, 0.25) is 0 Å². The number of amides is 1. The largest absolute Gasteiger partial charge is 0.341 e. The van der Waals surface area contributed by atoms with Gasteiger partial charge in [-0.05, 0) is 0 Å². The smallest absolute Gasteiger partial charge is 0.219 e. The molecule has 0 aliphatic carbocycles. The summed E-state index contributed by atoms with van der Waals surface area (Å²) in [4.78, 5) is 12.5. The van der Waals surface area contributed by atoms with Gasteiger partial charge in [-0.2, -0.15) is 25.3 Å². The van der Waals surface area contributed by atoms with Gasteiger partial charge in [0.15, 0.2) is 0 Å². The predicted octanol–water partition coefficient (Wildman–Crippen LogP) is 0.694. The Hall–Kier alpha value is 0.170. The van der Waals surface area contributed by atoms with Crippen LogP contribution in [0.5, 0.6) is 0 Å². The molecule has 4 heteroatoms. The van der Waals surface area contributed by atoms with Crippen LogP contribution in [0.3, 0.4) is 0 Å². The lowest BCUT2D eigenvalue weighted by molar-refractivity contribution is -0.128. The second-order valence-corrected chi connectivity index (χ2v) is 2.85. The van der Waals surface area contributed by atoms with Crippen LogP contribution in [0.4, 0.5) is 0 Å². The molecule has 0 atom stereocenters. The summed E-state index contributed by atoms with van der Waals surface area (Å²) >= 11 is 8.06. The van der Waals surface area contributed by atoms with E-state index in [1.54, 1.807) is 11.8 Å². The highest BCUT2D eigenvalue weighted by Crippen LogP contribution is 1.91. The topological polar surface area (TPSA) is 20.3 Å². The third-order valence-electron chi connectivity index (χ3n) is 1.19. The fourth-order valence-corrected chi connectivity index (χ4v) is 1.15. The third kappa shape index (κ3) is 4.06. The number of hydrogen-bond acceptors (Lipinski definition) is 3. The Morgan fingerprint density at radius 3 is 1.90 bits per heavy atom. The molecule has 0 saturated heterocycles. The average molecular weight is 179 g/mol. The molecule has 0 fully saturated rings. The summed E-state index contributed by atoms with van der Waals surface area (Å²) in [6.07, 6.45) is 0. The van der Waals surface area contributed by atoms with Crippen LogP contribution in [-0.4, -0.2) is 35.4 Å². The second kappa shape index (κ2) is 5.92. The zero-order chi connectivity index (χ0) is 7.98. The number of carbonyl (C=O) groups excluding carboxylic acids is 1. The first-order valence-corrected chi connectivity index (χ1v) is 4.46. The van der Waals surface area contributed by atoms with E-state index in [-0.39, 0.29) is 5.91 Å². The molecule has 60 valence electrons. The van der Waals surface area contributed by atoms with Crippen molar-refractivity contribution in [1.29, 1.82) is 0 Å². The lowest BCUT2D eigenvalue weighted by atomic mass is 10.5. The Morgan fingerprint density at radius 2 is 1.70 bits per heavy atom. The Kier molecular flexibility index (Phi) is 6.02. The molecule has 1 amide bonds. The van der Waals surface area contributed by atoms with E-state index in [4.69, 9.17) is 0 Å². The summed E-state index contributed by atoms with van der Waals surface area (Å²) in [5.74, 6) is 1.53. The van der Waals surface area contributed by atoms with Gasteiger partial charge in [0.2, 0.25) is 5.91 Å². The van der Waals surface area contributed by atoms with Gasteiger partial charge >= 0.3 is 0 Å². The molecule has 0 aromatic heterocycles. The Bertz CT molecular complexity index is 102. The van der Waals surface area contributed by atoms with Crippen molar-refractivity contribution in [3.8, 4) is 0 Å². The summed E-state index contributed by atoms with van der Waals surface area (Å²) in [5, 5.41) is 0. The number of hydrogen-bond donors (Lipinski definition) is 2. The minimum atomic E-state index is 0.100. The van der Waals surface area contributed by atoms with E-state index in [0.717, 1.165) is 13.1 Å². The normalized spacial score (nSPS) is 9.50. The molecule has 0 spiro atoms. The van der Waals surface area contributed by atoms with E-state index in [2.05, 4.69) is 25.3 Å². The van der Waals surface area contributed by atoms with E-state index in [1.165, 1.54) is 0 Å². The maximum atomic E-state index is 10.8. The van der Waals surface area contributed by atoms with E-state index in [1.807, 2.05) is 0 Å². The van der Waals surface area contributed by atoms with Crippen LogP contribution in [0.1, 0.15) is 6.92 Å². The van der Waals surface area contributed by atoms with Crippen molar-refractivity contribution < 1.29 is 4.79 Å². The van der Waals surface area contributed by atoms with Crippen molar-refractivity contribution in [3.05, 3.63) is 0 Å². The van der Waals surface area contributed by atoms with Crippen molar-refractivity contribution in [2.24, 2.45) is 0 Å². The molecule has 2 nitrogen and oxygen atoms in total. The molecule has 0 aromatic rings. The highest BCUT2D eigenvalue weighted by atomic mass is 32.1. The van der Waals surface area contributed by atoms with E-state index in [0.29, 0.717) is 11.5 Å². The first kappa shape index (κ1) is 10.2. The zero-order valence-corrected chi connectivity index (χ0v) is 7.87. The van der Waals surface area contributed by atoms with Crippen molar-refractivity contribution in [2.45, 2.75) is 6.92 Å². The maximum Gasteiger partial charge on any atom is 0.219 e. The SMILES string of the molecule is CC(=O)N(CCS)CCS. The number of nitrogens with zero attached hydrogens (tertiary/aromatic N) is 1. The molecule has 0 aliphatic rings. The second-order valence-electron chi connectivity index (χ2n) is 1.95. The maximum absolute atomic E-state index is 10.8. The van der Waals surface area contributed by atoms with Crippen LogP contribution < -0.4 is 0 Å². The number of carbonyl (C=O) groups is 1. The van der Waals surface area contributed by atoms with Gasteiger partial charge in [-0.3, -0.25) is 4.79 Å². The van der Waals surface area contributed by atoms with E-state index in [9.17, 15) is 4.79 Å². The number of thiol groups is 2. The fourth-order valence-electron chi connectivity index (χ4n) is 0.668. The van der Waals surface area contributed by atoms with Crippen LogP contribution in [0, 0.1) is 0 Å². The highest BCUT2D eigenvalue weighted by molar-refractivity contribution is 7.80. The molecule has 0 saturated carbocycles. The fraction of sp³-hybridized carbons (Fsp3) is 0.833. The quantitative estimate of drug-likeness (QED) is 0.609. The Labute approximate surface area is 72.8 Å². The van der Waals surface area contributed by atoms with Crippen molar-refractivity contribution in [1.82, 2.24) is 4.90 Å². The van der Waals surface area contributed by atoms with Gasteiger partial charge in [-0.15, -0.1) is 0 Å². The molecule has 0 radical (unpaired) electrons. The number of rotatable bonds is 4. The molecule has 10 heavy (non-hydrogen) atoms. The van der Waals surface area contributed by atoms with Gasteiger partial charge < -0.3 is 4.90 Å². The minimum absolute atomic E-state index is 0.100. The summed E-state index contributed by atoms with van der Waals surface area (Å²) in [6.45, 7) is 3.00. The van der Waals surface area contributed by atoms with E-state index >= 15 is 0 Å². The summed E-state index contributed by atoms with van der Waals surface area (Å²) < 4.78 is 0. The molecule has 0 N–H and O–H groups in total. The lowest BCUT2D eigenvalue weighted by Crippen LogP contribution is -2.32. The standard InChI is InChI=1S/C6H13NOS2/c1-6(8)7(2-4-9)3-5-10/h9-10H,2-5H2,1H3. The Balaban J connectivity index is 3.61. The Morgan fingerprint density at radius 1 is 1.30 bits per heavy atom. The van der Waals surface area contributed by atoms with Crippen molar-refractivity contribution in [2.75, 3.05) is 24.6 Å². The van der Waals surface area contributed by atoms with Crippen LogP contribution in [0.15, 0.2) is 0 Å². The predicted molar refractivity (Wildman–Crippen MR) is 50.0 cm³/mol. The third-order valence-corrected chi connectivity index (χ3v) is 1.59. The van der Waals surface area contributed by atoms with Gasteiger partial charge in [-0.1, -0.05) is 0 Å². The van der Waals surface area contributed by atoms with Gasteiger partial charge in [0.1, 0.15) is 0 Å². The molecule has 0 rings (SSSR count). The molecular weight excluding hydrogens is 166 g/mol. The van der Waals surface area contributed by atoms with Gasteiger partial charge in [0.25, 0.3) is 0 Å². The molecule has 0 aromatic carbocycles. The van der Waals surface area contributed by atoms with Gasteiger partial charge in [-0.25, -0.2) is 0 Å². The van der Waals surface area contributed by atoms with Gasteiger partial charge in [0.05, 0.1) is 0 Å². The summed E-state index contributed by atoms with van der Waals surface area (Å²) in [5.41, 5.74) is 0. The molecule has 0 bridgehead atoms. The van der Waals surface area contributed by atoms with Crippen LogP contribution in [0.25, 0.3) is 0 Å². The lowest BCUT2D eigenvalue weighted by Gasteiger charge is -2.18. The van der Waals surface area contributed by atoms with Gasteiger partial charge in [0, 0.05) is 31.5 Å². The van der Waals surface area contributed by atoms with E-state index < -0.39 is 0 Å². The summed E-state index contributed by atoms with van der Waals surface area (Å²) in [7, 11) is 0. The minimum Gasteiger partial charge on any atom is -0.341 e. The monoisotopic (exact) mass is 179 g/mol. The zero-order valence-electron chi connectivity index (χ0n) is 6.08. The van der Waals surface area contributed by atoms with Crippen molar-refractivity contribution >= 4 is 31.2 Å². The van der Waals surface area contributed by atoms with Crippen molar-refractivity contribution in [3.63, 3.8) is 0 Å². The summed E-state index contributed by atoms with van der Waals surface area (Å²) in [6, 6.07) is 0. The molecule has 0 aliphatic heterocycles. The average Bonchev–Trinajstić information content (AvgIpc) is 1.87. The van der Waals surface area contributed by atoms with Crippen LogP contribution in [-0.2, 0) is 4.79 Å². The molecule has 0 heterocycles. The first-order chi connectivity index (χ1) is 4.72. The van der Waals surface area contributed by atoms with Crippen LogP contribution >= 0.6 is 25.3 Å². The highest BCUT2D eigenvalue weighted by Gasteiger charge is 2.04. The first-order valence-electron chi connectivity index (χ1n) is 3.19. The molecular formula is C6H13NOS2. The molecule has 0 unspecified atom stereocenters.